The second kappa shape index (κ2) is 5.92. The summed E-state index contributed by atoms with van der Waals surface area (Å²) in [6.07, 6.45) is 2.92. The van der Waals surface area contributed by atoms with Gasteiger partial charge in [-0.15, -0.1) is 0 Å². The van der Waals surface area contributed by atoms with Gasteiger partial charge in [0.2, 0.25) is 0 Å². The number of aromatic nitrogens is 3. The maximum absolute atomic E-state index is 14.5. The third-order valence-corrected chi connectivity index (χ3v) is 4.58. The second-order valence-corrected chi connectivity index (χ2v) is 6.78. The molecule has 24 heavy (non-hydrogen) atoms. The van der Waals surface area contributed by atoms with E-state index in [1.54, 1.807) is 26.8 Å². The van der Waals surface area contributed by atoms with Gasteiger partial charge in [0.25, 0.3) is 0 Å². The number of halogens is 3. The summed E-state index contributed by atoms with van der Waals surface area (Å²) < 4.78 is 14.5. The zero-order valence-corrected chi connectivity index (χ0v) is 14.7. The molecule has 0 saturated heterocycles. The molecule has 1 aromatic carbocycles. The Morgan fingerprint density at radius 2 is 1.71 bits per heavy atom. The van der Waals surface area contributed by atoms with E-state index in [0.29, 0.717) is 32.2 Å². The highest BCUT2D eigenvalue weighted by atomic mass is 35.5. The van der Waals surface area contributed by atoms with Gasteiger partial charge in [-0.2, -0.15) is 0 Å². The lowest BCUT2D eigenvalue weighted by Crippen LogP contribution is -2.19. The van der Waals surface area contributed by atoms with Crippen LogP contribution in [0.1, 0.15) is 25.4 Å². The summed E-state index contributed by atoms with van der Waals surface area (Å²) in [7, 11) is 0. The molecule has 3 rings (SSSR count). The van der Waals surface area contributed by atoms with Crippen LogP contribution in [0.25, 0.3) is 22.0 Å². The summed E-state index contributed by atoms with van der Waals surface area (Å²) in [6, 6.07) is 2.89. The summed E-state index contributed by atoms with van der Waals surface area (Å²) >= 11 is 12.4. The molecule has 0 atom stereocenters. The largest absolute Gasteiger partial charge is 0.382 e. The minimum Gasteiger partial charge on any atom is -0.382 e. The Hall–Kier alpha value is -1.82. The van der Waals surface area contributed by atoms with E-state index in [2.05, 4.69) is 15.0 Å². The summed E-state index contributed by atoms with van der Waals surface area (Å²) in [5, 5.41) is 11.1. The molecule has 4 nitrogen and oxygen atoms in total. The van der Waals surface area contributed by atoms with Gasteiger partial charge >= 0.3 is 0 Å². The van der Waals surface area contributed by atoms with Gasteiger partial charge in [-0.05, 0) is 26.8 Å². The number of fused-ring (bicyclic) bond motifs is 1. The van der Waals surface area contributed by atoms with Crippen molar-refractivity contribution in [2.45, 2.75) is 26.4 Å². The van der Waals surface area contributed by atoms with Crippen molar-refractivity contribution in [3.05, 3.63) is 51.9 Å². The van der Waals surface area contributed by atoms with Crippen molar-refractivity contribution >= 4 is 34.1 Å². The van der Waals surface area contributed by atoms with Crippen LogP contribution in [0.5, 0.6) is 0 Å². The second-order valence-electron chi connectivity index (χ2n) is 6.03. The summed E-state index contributed by atoms with van der Waals surface area (Å²) in [6.45, 7) is 4.87. The van der Waals surface area contributed by atoms with Crippen LogP contribution in [-0.4, -0.2) is 20.1 Å². The Bertz CT molecular complexity index is 937. The maximum Gasteiger partial charge on any atom is 0.159 e. The van der Waals surface area contributed by atoms with Gasteiger partial charge in [-0.3, -0.25) is 4.98 Å². The van der Waals surface area contributed by atoms with E-state index in [4.69, 9.17) is 23.2 Å². The van der Waals surface area contributed by atoms with Crippen LogP contribution in [0.3, 0.4) is 0 Å². The van der Waals surface area contributed by atoms with Crippen molar-refractivity contribution in [2.75, 3.05) is 0 Å². The van der Waals surface area contributed by atoms with Gasteiger partial charge in [0.05, 0.1) is 21.3 Å². The highest BCUT2D eigenvalue weighted by molar-refractivity contribution is 6.45. The minimum absolute atomic E-state index is 0.255. The summed E-state index contributed by atoms with van der Waals surface area (Å²) in [5.74, 6) is -0.210. The molecule has 1 N–H and O–H groups in total. The SMILES string of the molecule is Cc1nc2cc(F)c(-c3cnc(C(C)(C)O)nc3)cc2c(Cl)c1Cl. The van der Waals surface area contributed by atoms with E-state index in [1.165, 1.54) is 18.5 Å². The predicted octanol–water partition coefficient (Wildman–Crippen LogP) is 4.67. The van der Waals surface area contributed by atoms with E-state index < -0.39 is 11.4 Å². The summed E-state index contributed by atoms with van der Waals surface area (Å²) in [4.78, 5) is 12.5. The van der Waals surface area contributed by atoms with Crippen molar-refractivity contribution < 1.29 is 9.50 Å². The van der Waals surface area contributed by atoms with Crippen LogP contribution in [0, 0.1) is 12.7 Å². The summed E-state index contributed by atoms with van der Waals surface area (Å²) in [5.41, 5.74) is 0.554. The molecule has 0 amide bonds. The zero-order chi connectivity index (χ0) is 17.6. The van der Waals surface area contributed by atoms with Crippen LogP contribution in [0.15, 0.2) is 24.5 Å². The Morgan fingerprint density at radius 3 is 2.29 bits per heavy atom. The van der Waals surface area contributed by atoms with Crippen LogP contribution in [-0.2, 0) is 5.60 Å². The Kier molecular flexibility index (Phi) is 4.20. The molecule has 0 aliphatic carbocycles. The van der Waals surface area contributed by atoms with Crippen molar-refractivity contribution in [1.82, 2.24) is 15.0 Å². The molecule has 0 unspecified atom stereocenters. The lowest BCUT2D eigenvalue weighted by atomic mass is 10.0. The smallest absolute Gasteiger partial charge is 0.159 e. The number of hydrogen-bond acceptors (Lipinski definition) is 4. The molecule has 0 saturated carbocycles. The Labute approximate surface area is 148 Å². The number of hydrogen-bond donors (Lipinski definition) is 1. The average molecular weight is 366 g/mol. The Balaban J connectivity index is 2.18. The minimum atomic E-state index is -1.17. The number of rotatable bonds is 2. The lowest BCUT2D eigenvalue weighted by molar-refractivity contribution is 0.0687. The first kappa shape index (κ1) is 17.0. The average Bonchev–Trinajstić information content (AvgIpc) is 2.52. The zero-order valence-electron chi connectivity index (χ0n) is 13.2. The van der Waals surface area contributed by atoms with Gasteiger partial charge in [0.1, 0.15) is 11.4 Å². The maximum atomic E-state index is 14.5. The fourth-order valence-electron chi connectivity index (χ4n) is 2.34. The molecule has 7 heteroatoms. The number of pyridine rings is 1. The van der Waals surface area contributed by atoms with E-state index in [9.17, 15) is 9.50 Å². The van der Waals surface area contributed by atoms with Crippen LogP contribution >= 0.6 is 23.2 Å². The van der Waals surface area contributed by atoms with Gasteiger partial charge in [-0.1, -0.05) is 23.2 Å². The quantitative estimate of drug-likeness (QED) is 0.716. The fraction of sp³-hybridized carbons (Fsp3) is 0.235. The van der Waals surface area contributed by atoms with Crippen molar-refractivity contribution in [2.24, 2.45) is 0 Å². The monoisotopic (exact) mass is 365 g/mol. The van der Waals surface area contributed by atoms with Crippen molar-refractivity contribution in [1.29, 1.82) is 0 Å². The molecule has 0 aliphatic rings. The topological polar surface area (TPSA) is 58.9 Å². The molecule has 0 bridgehead atoms. The molecule has 0 aliphatic heterocycles. The van der Waals surface area contributed by atoms with Crippen molar-refractivity contribution in [3.63, 3.8) is 0 Å². The van der Waals surface area contributed by atoms with E-state index in [0.717, 1.165) is 0 Å². The fourth-order valence-corrected chi connectivity index (χ4v) is 2.77. The third kappa shape index (κ3) is 2.95. The lowest BCUT2D eigenvalue weighted by Gasteiger charge is -2.15. The molecule has 0 fully saturated rings. The van der Waals surface area contributed by atoms with E-state index >= 15 is 0 Å². The number of aliphatic hydroxyl groups is 1. The molecule has 2 heterocycles. The first-order valence-electron chi connectivity index (χ1n) is 7.18. The molecule has 2 aromatic heterocycles. The molecule has 3 aromatic rings. The molecule has 0 radical (unpaired) electrons. The highest BCUT2D eigenvalue weighted by Gasteiger charge is 2.20. The number of benzene rings is 1. The number of nitrogens with zero attached hydrogens (tertiary/aromatic N) is 3. The van der Waals surface area contributed by atoms with Gasteiger partial charge in [0.15, 0.2) is 5.82 Å². The van der Waals surface area contributed by atoms with Gasteiger partial charge in [0, 0.05) is 35.0 Å². The van der Waals surface area contributed by atoms with E-state index in [1.807, 2.05) is 0 Å². The molecular weight excluding hydrogens is 352 g/mol. The van der Waals surface area contributed by atoms with Crippen LogP contribution < -0.4 is 0 Å². The molecular formula is C17H14Cl2FN3O. The predicted molar refractivity (Wildman–Crippen MR) is 92.7 cm³/mol. The number of aryl methyl sites for hydroxylation is 1. The molecule has 0 spiro atoms. The highest BCUT2D eigenvalue weighted by Crippen LogP contribution is 2.35. The van der Waals surface area contributed by atoms with Crippen LogP contribution in [0.2, 0.25) is 10.0 Å². The first-order chi connectivity index (χ1) is 11.2. The molecule has 124 valence electrons. The standard InChI is InChI=1S/C17H14Cl2FN3O/c1-8-14(18)15(19)11-4-10(12(20)5-13(11)23-8)9-6-21-16(22-7-9)17(2,3)24/h4-7,24H,1-3H3. The van der Waals surface area contributed by atoms with E-state index in [-0.39, 0.29) is 11.4 Å². The van der Waals surface area contributed by atoms with Gasteiger partial charge in [-0.25, -0.2) is 14.4 Å². The normalized spacial score (nSPS) is 12.0. The van der Waals surface area contributed by atoms with Crippen LogP contribution in [0.4, 0.5) is 4.39 Å². The first-order valence-corrected chi connectivity index (χ1v) is 7.94. The van der Waals surface area contributed by atoms with Gasteiger partial charge < -0.3 is 5.11 Å². The van der Waals surface area contributed by atoms with Crippen molar-refractivity contribution in [3.8, 4) is 11.1 Å². The Morgan fingerprint density at radius 1 is 1.08 bits per heavy atom. The third-order valence-electron chi connectivity index (χ3n) is 3.63.